The van der Waals surface area contributed by atoms with Crippen LogP contribution >= 0.6 is 0 Å². The van der Waals surface area contributed by atoms with E-state index in [1.165, 1.54) is 17.0 Å². The van der Waals surface area contributed by atoms with Crippen LogP contribution < -0.4 is 0 Å². The van der Waals surface area contributed by atoms with E-state index in [1.54, 1.807) is 0 Å². The molecule has 0 unspecified atom stereocenters. The number of aromatic amines is 1. The molecule has 96 valence electrons. The van der Waals surface area contributed by atoms with Crippen LogP contribution in [0, 0.1) is 5.92 Å². The summed E-state index contributed by atoms with van der Waals surface area (Å²) >= 11 is 0. The first-order valence-electron chi connectivity index (χ1n) is 6.84. The van der Waals surface area contributed by atoms with Crippen molar-refractivity contribution in [2.24, 2.45) is 5.92 Å². The summed E-state index contributed by atoms with van der Waals surface area (Å²) in [6.45, 7) is 6.70. The first kappa shape index (κ1) is 12.9. The summed E-state index contributed by atoms with van der Waals surface area (Å²) in [5.74, 6) is 1.67. The molecule has 0 aliphatic heterocycles. The zero-order chi connectivity index (χ0) is 13.0. The molecule has 0 bridgehead atoms. The highest BCUT2D eigenvalue weighted by Crippen LogP contribution is 2.20. The molecule has 0 aliphatic rings. The zero-order valence-corrected chi connectivity index (χ0v) is 11.5. The average molecular weight is 242 g/mol. The Balaban J connectivity index is 2.33. The largest absolute Gasteiger partial charge is 0.342 e. The first-order valence-corrected chi connectivity index (χ1v) is 6.84. The Kier molecular flexibility index (Phi) is 4.19. The number of benzene rings is 1. The molecule has 2 heteroatoms. The van der Waals surface area contributed by atoms with Crippen LogP contribution in [0.5, 0.6) is 0 Å². The highest BCUT2D eigenvalue weighted by atomic mass is 14.9. The van der Waals surface area contributed by atoms with E-state index in [1.807, 2.05) is 6.07 Å². The van der Waals surface area contributed by atoms with E-state index in [0.29, 0.717) is 5.92 Å². The molecule has 0 aliphatic carbocycles. The second kappa shape index (κ2) is 5.85. The van der Waals surface area contributed by atoms with E-state index >= 15 is 0 Å². The molecule has 0 saturated carbocycles. The van der Waals surface area contributed by atoms with E-state index in [4.69, 9.17) is 4.98 Å². The highest BCUT2D eigenvalue weighted by Gasteiger charge is 2.11. The third kappa shape index (κ3) is 3.00. The highest BCUT2D eigenvalue weighted by molar-refractivity contribution is 5.55. The third-order valence-corrected chi connectivity index (χ3v) is 3.01. The molecule has 0 atom stereocenters. The number of rotatable bonds is 5. The molecule has 2 aromatic rings. The number of imidazole rings is 1. The molecule has 1 aromatic heterocycles. The second-order valence-electron chi connectivity index (χ2n) is 5.22. The topological polar surface area (TPSA) is 28.7 Å². The van der Waals surface area contributed by atoms with Crippen molar-refractivity contribution >= 4 is 0 Å². The van der Waals surface area contributed by atoms with Crippen molar-refractivity contribution in [1.82, 2.24) is 9.97 Å². The van der Waals surface area contributed by atoms with Crippen LogP contribution in [0.25, 0.3) is 11.4 Å². The fourth-order valence-corrected chi connectivity index (χ4v) is 2.20. The Morgan fingerprint density at radius 2 is 1.89 bits per heavy atom. The lowest BCUT2D eigenvalue weighted by atomic mass is 10.1. The van der Waals surface area contributed by atoms with E-state index < -0.39 is 0 Å². The van der Waals surface area contributed by atoms with Gasteiger partial charge in [-0.3, -0.25) is 0 Å². The summed E-state index contributed by atoms with van der Waals surface area (Å²) in [7, 11) is 0. The van der Waals surface area contributed by atoms with E-state index in [2.05, 4.69) is 50.0 Å². The quantitative estimate of drug-likeness (QED) is 0.835. The summed E-state index contributed by atoms with van der Waals surface area (Å²) in [4.78, 5) is 8.27. The monoisotopic (exact) mass is 242 g/mol. The molecule has 0 radical (unpaired) electrons. The van der Waals surface area contributed by atoms with Crippen LogP contribution in [0.1, 0.15) is 38.6 Å². The Hall–Kier alpha value is -1.57. The van der Waals surface area contributed by atoms with E-state index in [0.717, 1.165) is 25.1 Å². The molecule has 0 fully saturated rings. The predicted molar refractivity (Wildman–Crippen MR) is 76.6 cm³/mol. The number of aryl methyl sites for hydroxylation is 1. The molecule has 1 N–H and O–H groups in total. The van der Waals surface area contributed by atoms with Crippen molar-refractivity contribution in [2.45, 2.75) is 40.0 Å². The molecule has 1 heterocycles. The Morgan fingerprint density at radius 3 is 2.50 bits per heavy atom. The van der Waals surface area contributed by atoms with Crippen LogP contribution in [0.4, 0.5) is 0 Å². The lowest BCUT2D eigenvalue weighted by Crippen LogP contribution is -1.98. The number of hydrogen-bond donors (Lipinski definition) is 1. The van der Waals surface area contributed by atoms with Crippen LogP contribution in [0.15, 0.2) is 30.3 Å². The normalized spacial score (nSPS) is 11.1. The fourth-order valence-electron chi connectivity index (χ4n) is 2.20. The summed E-state index contributed by atoms with van der Waals surface area (Å²) in [6.07, 6.45) is 3.28. The minimum absolute atomic E-state index is 0.657. The number of H-pyrrole nitrogens is 1. The van der Waals surface area contributed by atoms with Crippen molar-refractivity contribution < 1.29 is 0 Å². The maximum Gasteiger partial charge on any atom is 0.137 e. The molecular weight excluding hydrogens is 220 g/mol. The number of aromatic nitrogens is 2. The fraction of sp³-hybridized carbons (Fsp3) is 0.438. The van der Waals surface area contributed by atoms with Crippen molar-refractivity contribution in [2.75, 3.05) is 0 Å². The van der Waals surface area contributed by atoms with Gasteiger partial charge in [0.25, 0.3) is 0 Å². The lowest BCUT2D eigenvalue weighted by Gasteiger charge is -2.04. The number of nitrogens with one attached hydrogen (secondary N) is 1. The van der Waals surface area contributed by atoms with Gasteiger partial charge in [0.15, 0.2) is 0 Å². The summed E-state index contributed by atoms with van der Waals surface area (Å²) in [5, 5.41) is 0. The molecule has 2 rings (SSSR count). The molecular formula is C16H22N2. The zero-order valence-electron chi connectivity index (χ0n) is 11.5. The maximum absolute atomic E-state index is 4.77. The molecule has 18 heavy (non-hydrogen) atoms. The molecule has 0 spiro atoms. The van der Waals surface area contributed by atoms with Gasteiger partial charge in [-0.25, -0.2) is 4.98 Å². The van der Waals surface area contributed by atoms with E-state index in [9.17, 15) is 0 Å². The lowest BCUT2D eigenvalue weighted by molar-refractivity contribution is 0.631. The minimum atomic E-state index is 0.657. The van der Waals surface area contributed by atoms with Gasteiger partial charge in [0.2, 0.25) is 0 Å². The van der Waals surface area contributed by atoms with Gasteiger partial charge in [0, 0.05) is 11.3 Å². The van der Waals surface area contributed by atoms with Gasteiger partial charge in [-0.05, 0) is 18.8 Å². The van der Waals surface area contributed by atoms with E-state index in [-0.39, 0.29) is 0 Å². The predicted octanol–water partition coefficient (Wildman–Crippen LogP) is 4.23. The van der Waals surface area contributed by atoms with Crippen LogP contribution in [0.2, 0.25) is 0 Å². The second-order valence-corrected chi connectivity index (χ2v) is 5.22. The molecule has 2 nitrogen and oxygen atoms in total. The first-order chi connectivity index (χ1) is 8.70. The van der Waals surface area contributed by atoms with Crippen molar-refractivity contribution in [3.63, 3.8) is 0 Å². The van der Waals surface area contributed by atoms with Gasteiger partial charge < -0.3 is 4.98 Å². The number of hydrogen-bond acceptors (Lipinski definition) is 1. The minimum Gasteiger partial charge on any atom is -0.342 e. The van der Waals surface area contributed by atoms with Gasteiger partial charge in [-0.15, -0.1) is 0 Å². The van der Waals surface area contributed by atoms with Gasteiger partial charge in [-0.2, -0.15) is 0 Å². The van der Waals surface area contributed by atoms with Gasteiger partial charge >= 0.3 is 0 Å². The maximum atomic E-state index is 4.77. The van der Waals surface area contributed by atoms with Crippen LogP contribution in [-0.2, 0) is 12.8 Å². The Bertz CT molecular complexity index is 483. The Labute approximate surface area is 109 Å². The standard InChI is InChI=1S/C16H22N2/c1-4-8-14-15(11-12(2)3)18-16(17-14)13-9-6-5-7-10-13/h5-7,9-10,12H,4,8,11H2,1-3H3,(H,17,18). The van der Waals surface area contributed by atoms with Crippen molar-refractivity contribution in [3.8, 4) is 11.4 Å². The smallest absolute Gasteiger partial charge is 0.137 e. The van der Waals surface area contributed by atoms with Gasteiger partial charge in [0.1, 0.15) is 5.82 Å². The van der Waals surface area contributed by atoms with Crippen LogP contribution in [-0.4, -0.2) is 9.97 Å². The summed E-state index contributed by atoms with van der Waals surface area (Å²) in [6, 6.07) is 10.4. The molecule has 1 aromatic carbocycles. The number of nitrogens with zero attached hydrogens (tertiary/aromatic N) is 1. The summed E-state index contributed by atoms with van der Waals surface area (Å²) in [5.41, 5.74) is 3.72. The average Bonchev–Trinajstić information content (AvgIpc) is 2.73. The summed E-state index contributed by atoms with van der Waals surface area (Å²) < 4.78 is 0. The van der Waals surface area contributed by atoms with Crippen molar-refractivity contribution in [1.29, 1.82) is 0 Å². The van der Waals surface area contributed by atoms with Gasteiger partial charge in [0.05, 0.1) is 5.69 Å². The van der Waals surface area contributed by atoms with Crippen LogP contribution in [0.3, 0.4) is 0 Å². The Morgan fingerprint density at radius 1 is 1.17 bits per heavy atom. The third-order valence-electron chi connectivity index (χ3n) is 3.01. The molecule has 0 amide bonds. The SMILES string of the molecule is CCCc1nc(-c2ccccc2)[nH]c1CC(C)C. The van der Waals surface area contributed by atoms with Crippen molar-refractivity contribution in [3.05, 3.63) is 41.7 Å². The van der Waals surface area contributed by atoms with Gasteiger partial charge in [-0.1, -0.05) is 57.5 Å². The molecule has 0 saturated heterocycles.